The van der Waals surface area contributed by atoms with Crippen molar-refractivity contribution >= 4 is 5.82 Å². The maximum absolute atomic E-state index is 9.29. The van der Waals surface area contributed by atoms with Crippen LogP contribution in [-0.2, 0) is 0 Å². The molecule has 0 saturated heterocycles. The number of hydrogen-bond donors (Lipinski definition) is 1. The van der Waals surface area contributed by atoms with Gasteiger partial charge in [0.05, 0.1) is 5.69 Å². The van der Waals surface area contributed by atoms with E-state index in [1.165, 1.54) is 25.7 Å². The van der Waals surface area contributed by atoms with Crippen LogP contribution in [0.1, 0.15) is 55.8 Å². The van der Waals surface area contributed by atoms with Crippen molar-refractivity contribution < 1.29 is 0 Å². The Morgan fingerprint density at radius 1 is 1.32 bits per heavy atom. The van der Waals surface area contributed by atoms with Gasteiger partial charge in [-0.2, -0.15) is 10.4 Å². The molecule has 0 aromatic carbocycles. The van der Waals surface area contributed by atoms with Crippen LogP contribution in [0.3, 0.4) is 0 Å². The van der Waals surface area contributed by atoms with Gasteiger partial charge in [-0.3, -0.25) is 0 Å². The van der Waals surface area contributed by atoms with Crippen molar-refractivity contribution in [1.82, 2.24) is 10.2 Å². The highest BCUT2D eigenvalue weighted by Gasteiger charge is 2.22. The molecule has 1 aliphatic carbocycles. The number of hydrogen-bond acceptors (Lipinski definition) is 4. The minimum atomic E-state index is 0.433. The van der Waals surface area contributed by atoms with Gasteiger partial charge in [-0.25, -0.2) is 0 Å². The minimum Gasteiger partial charge on any atom is -0.365 e. The summed E-state index contributed by atoms with van der Waals surface area (Å²) in [6.07, 6.45) is 6.17. The lowest BCUT2D eigenvalue weighted by Gasteiger charge is -2.29. The molecule has 0 radical (unpaired) electrons. The smallest absolute Gasteiger partial charge is 0.167 e. The molecule has 19 heavy (non-hydrogen) atoms. The van der Waals surface area contributed by atoms with Crippen LogP contribution < -0.4 is 5.32 Å². The van der Waals surface area contributed by atoms with E-state index in [1.807, 2.05) is 13.8 Å². The SMILES string of the molecule is CCC1CCCC(Nc2nnc(C)c(C)c2C#N)C1. The third-order valence-corrected chi connectivity index (χ3v) is 4.27. The zero-order valence-corrected chi connectivity index (χ0v) is 12.0. The van der Waals surface area contributed by atoms with E-state index in [4.69, 9.17) is 0 Å². The summed E-state index contributed by atoms with van der Waals surface area (Å²) in [5.74, 6) is 1.46. The molecule has 4 nitrogen and oxygen atoms in total. The van der Waals surface area contributed by atoms with Gasteiger partial charge in [0.15, 0.2) is 5.82 Å². The average Bonchev–Trinajstić information content (AvgIpc) is 2.43. The van der Waals surface area contributed by atoms with Crippen molar-refractivity contribution in [3.05, 3.63) is 16.8 Å². The molecule has 4 heteroatoms. The molecule has 1 fully saturated rings. The highest BCUT2D eigenvalue weighted by Crippen LogP contribution is 2.29. The Morgan fingerprint density at radius 2 is 2.11 bits per heavy atom. The molecule has 0 aliphatic heterocycles. The standard InChI is InChI=1S/C15H22N4/c1-4-12-6-5-7-13(8-12)17-15-14(9-16)10(2)11(3)18-19-15/h12-13H,4-8H2,1-3H3,(H,17,19). The zero-order chi connectivity index (χ0) is 13.8. The molecule has 0 amide bonds. The molecular weight excluding hydrogens is 236 g/mol. The Bertz CT molecular complexity index is 490. The molecule has 2 unspecified atom stereocenters. The maximum atomic E-state index is 9.29. The molecule has 0 spiro atoms. The summed E-state index contributed by atoms with van der Waals surface area (Å²) in [4.78, 5) is 0. The highest BCUT2D eigenvalue weighted by atomic mass is 15.2. The van der Waals surface area contributed by atoms with Gasteiger partial charge in [0.1, 0.15) is 11.6 Å². The van der Waals surface area contributed by atoms with Crippen LogP contribution in [-0.4, -0.2) is 16.2 Å². The summed E-state index contributed by atoms with van der Waals surface area (Å²) in [5.41, 5.74) is 2.41. The molecule has 1 aromatic rings. The molecule has 1 aliphatic rings. The first-order valence-corrected chi connectivity index (χ1v) is 7.16. The lowest BCUT2D eigenvalue weighted by molar-refractivity contribution is 0.327. The van der Waals surface area contributed by atoms with E-state index in [2.05, 4.69) is 28.5 Å². The number of rotatable bonds is 3. The number of nitrogens with zero attached hydrogens (tertiary/aromatic N) is 3. The molecule has 102 valence electrons. The summed E-state index contributed by atoms with van der Waals surface area (Å²) in [5, 5.41) is 21.0. The molecule has 2 atom stereocenters. The molecular formula is C15H22N4. The van der Waals surface area contributed by atoms with Crippen LogP contribution in [0.5, 0.6) is 0 Å². The van der Waals surface area contributed by atoms with Crippen molar-refractivity contribution in [3.63, 3.8) is 0 Å². The average molecular weight is 258 g/mol. The van der Waals surface area contributed by atoms with Crippen LogP contribution in [0, 0.1) is 31.1 Å². The van der Waals surface area contributed by atoms with Gasteiger partial charge in [-0.05, 0) is 38.2 Å². The largest absolute Gasteiger partial charge is 0.365 e. The van der Waals surface area contributed by atoms with E-state index in [1.54, 1.807) is 0 Å². The van der Waals surface area contributed by atoms with E-state index in [0.717, 1.165) is 23.6 Å². The van der Waals surface area contributed by atoms with Gasteiger partial charge in [-0.15, -0.1) is 5.10 Å². The first-order chi connectivity index (χ1) is 9.15. The zero-order valence-electron chi connectivity index (χ0n) is 12.0. The summed E-state index contributed by atoms with van der Waals surface area (Å²) in [6, 6.07) is 2.69. The highest BCUT2D eigenvalue weighted by molar-refractivity contribution is 5.56. The molecule has 1 saturated carbocycles. The summed E-state index contributed by atoms with van der Waals surface area (Å²) in [6.45, 7) is 6.08. The van der Waals surface area contributed by atoms with E-state index < -0.39 is 0 Å². The Hall–Kier alpha value is -1.63. The van der Waals surface area contributed by atoms with Crippen molar-refractivity contribution in [2.75, 3.05) is 5.32 Å². The van der Waals surface area contributed by atoms with Gasteiger partial charge in [0.2, 0.25) is 0 Å². The summed E-state index contributed by atoms with van der Waals surface area (Å²) >= 11 is 0. The van der Waals surface area contributed by atoms with Gasteiger partial charge in [-0.1, -0.05) is 26.2 Å². The second-order valence-electron chi connectivity index (χ2n) is 5.53. The summed E-state index contributed by atoms with van der Waals surface area (Å²) in [7, 11) is 0. The maximum Gasteiger partial charge on any atom is 0.167 e. The van der Waals surface area contributed by atoms with Crippen LogP contribution in [0.2, 0.25) is 0 Å². The third kappa shape index (κ3) is 3.04. The fourth-order valence-corrected chi connectivity index (χ4v) is 2.83. The fraction of sp³-hybridized carbons (Fsp3) is 0.667. The third-order valence-electron chi connectivity index (χ3n) is 4.27. The Labute approximate surface area is 115 Å². The van der Waals surface area contributed by atoms with E-state index in [-0.39, 0.29) is 0 Å². The van der Waals surface area contributed by atoms with Gasteiger partial charge < -0.3 is 5.32 Å². The van der Waals surface area contributed by atoms with Crippen LogP contribution in [0.25, 0.3) is 0 Å². The lowest BCUT2D eigenvalue weighted by atomic mass is 9.84. The topological polar surface area (TPSA) is 61.6 Å². The molecule has 1 aromatic heterocycles. The Balaban J connectivity index is 2.15. The first-order valence-electron chi connectivity index (χ1n) is 7.16. The predicted octanol–water partition coefficient (Wildman–Crippen LogP) is 3.35. The fourth-order valence-electron chi connectivity index (χ4n) is 2.83. The monoisotopic (exact) mass is 258 g/mol. The molecule has 1 heterocycles. The van der Waals surface area contributed by atoms with Crippen molar-refractivity contribution in [2.45, 2.75) is 58.9 Å². The molecule has 0 bridgehead atoms. The second-order valence-corrected chi connectivity index (χ2v) is 5.53. The first kappa shape index (κ1) is 13.8. The number of nitrogens with one attached hydrogen (secondary N) is 1. The van der Waals surface area contributed by atoms with E-state index in [9.17, 15) is 5.26 Å². The normalized spacial score (nSPS) is 22.8. The van der Waals surface area contributed by atoms with Gasteiger partial charge >= 0.3 is 0 Å². The summed E-state index contributed by atoms with van der Waals surface area (Å²) < 4.78 is 0. The lowest BCUT2D eigenvalue weighted by Crippen LogP contribution is -2.28. The van der Waals surface area contributed by atoms with Crippen LogP contribution >= 0.6 is 0 Å². The molecule has 1 N–H and O–H groups in total. The second kappa shape index (κ2) is 6.01. The van der Waals surface area contributed by atoms with Gasteiger partial charge in [0.25, 0.3) is 0 Å². The number of aryl methyl sites for hydroxylation is 1. The van der Waals surface area contributed by atoms with Gasteiger partial charge in [0, 0.05) is 6.04 Å². The minimum absolute atomic E-state index is 0.433. The quantitative estimate of drug-likeness (QED) is 0.903. The van der Waals surface area contributed by atoms with Crippen molar-refractivity contribution in [1.29, 1.82) is 5.26 Å². The van der Waals surface area contributed by atoms with Crippen molar-refractivity contribution in [2.24, 2.45) is 5.92 Å². The Kier molecular flexibility index (Phi) is 4.36. The van der Waals surface area contributed by atoms with Crippen LogP contribution in [0.4, 0.5) is 5.82 Å². The van der Waals surface area contributed by atoms with Crippen molar-refractivity contribution in [3.8, 4) is 6.07 Å². The van der Waals surface area contributed by atoms with E-state index in [0.29, 0.717) is 17.4 Å². The predicted molar refractivity (Wildman–Crippen MR) is 75.9 cm³/mol. The van der Waals surface area contributed by atoms with E-state index >= 15 is 0 Å². The number of aromatic nitrogens is 2. The van der Waals surface area contributed by atoms with Crippen LogP contribution in [0.15, 0.2) is 0 Å². The number of anilines is 1. The Morgan fingerprint density at radius 3 is 2.79 bits per heavy atom. The number of nitriles is 1. The molecule has 2 rings (SSSR count).